The minimum absolute atomic E-state index is 0.174. The van der Waals surface area contributed by atoms with Crippen LogP contribution in [0.2, 0.25) is 0 Å². The summed E-state index contributed by atoms with van der Waals surface area (Å²) in [5, 5.41) is 23.6. The van der Waals surface area contributed by atoms with Crippen LogP contribution in [0, 0.1) is 6.92 Å². The first-order valence-electron chi connectivity index (χ1n) is 15.7. The van der Waals surface area contributed by atoms with Crippen molar-refractivity contribution in [3.05, 3.63) is 99.9 Å². The minimum Gasteiger partial charge on any atom is -0.478 e. The zero-order valence-electron chi connectivity index (χ0n) is 25.7. The number of likely N-dealkylation sites (tertiary alicyclic amines) is 1. The Bertz CT molecular complexity index is 1700. The first-order valence-corrected chi connectivity index (χ1v) is 15.7. The second-order valence-corrected chi connectivity index (χ2v) is 12.2. The van der Waals surface area contributed by atoms with Gasteiger partial charge >= 0.3 is 5.97 Å². The quantitative estimate of drug-likeness (QED) is 0.265. The summed E-state index contributed by atoms with van der Waals surface area (Å²) in [4.78, 5) is 30.7. The highest BCUT2D eigenvalue weighted by molar-refractivity contribution is 5.88. The van der Waals surface area contributed by atoms with Crippen molar-refractivity contribution in [2.45, 2.75) is 77.2 Å². The van der Waals surface area contributed by atoms with Crippen LogP contribution in [-0.2, 0) is 24.1 Å². The smallest absolute Gasteiger partial charge is 0.339 e. The molecule has 0 saturated carbocycles. The van der Waals surface area contributed by atoms with E-state index in [0.29, 0.717) is 42.9 Å². The Kier molecular flexibility index (Phi) is 8.36. The van der Waals surface area contributed by atoms with Crippen molar-refractivity contribution < 1.29 is 19.8 Å². The third-order valence-electron chi connectivity index (χ3n) is 9.50. The molecule has 2 aromatic heterocycles. The molecule has 4 aromatic rings. The Morgan fingerprint density at radius 3 is 2.52 bits per heavy atom. The van der Waals surface area contributed by atoms with Crippen molar-refractivity contribution >= 4 is 11.9 Å². The van der Waals surface area contributed by atoms with E-state index < -0.39 is 12.1 Å². The van der Waals surface area contributed by atoms with Crippen molar-refractivity contribution in [1.29, 1.82) is 0 Å². The summed E-state index contributed by atoms with van der Waals surface area (Å²) in [6, 6.07) is 19.3. The molecular formula is C36H40N4O4. The molecule has 3 heterocycles. The molecule has 1 amide bonds. The molecule has 2 atom stereocenters. The van der Waals surface area contributed by atoms with Gasteiger partial charge in [-0.25, -0.2) is 14.5 Å². The number of aliphatic hydroxyl groups is 1. The summed E-state index contributed by atoms with van der Waals surface area (Å²) in [6.45, 7) is 7.05. The molecular weight excluding hydrogens is 552 g/mol. The molecule has 1 saturated heterocycles. The molecule has 8 heteroatoms. The van der Waals surface area contributed by atoms with Crippen LogP contribution in [0.4, 0.5) is 0 Å². The first kappa shape index (κ1) is 29.8. The van der Waals surface area contributed by atoms with Crippen LogP contribution < -0.4 is 0 Å². The molecule has 1 aliphatic carbocycles. The standard InChI is InChI=1S/C36H40N4O4/c1-4-32-30(36(43)44)21-37-40(32)33-10-6-9-31(38-33)29-8-5-7-25-11-14-28(34(25)29)20-26-12-13-27(19-22(26)2)24-15-17-39(18-16-24)35(42)23(3)41/h5-10,12-13,19,21,23-24,28,41H,4,11,14-18,20H2,1-3H3,(H,43,44). The highest BCUT2D eigenvalue weighted by atomic mass is 16.4. The van der Waals surface area contributed by atoms with Gasteiger partial charge in [-0.2, -0.15) is 5.10 Å². The Hall–Kier alpha value is -4.30. The summed E-state index contributed by atoms with van der Waals surface area (Å²) in [6.07, 6.45) is 5.91. The van der Waals surface area contributed by atoms with E-state index in [-0.39, 0.29) is 11.5 Å². The molecule has 228 valence electrons. The van der Waals surface area contributed by atoms with Gasteiger partial charge in [-0.1, -0.05) is 49.4 Å². The highest BCUT2D eigenvalue weighted by Crippen LogP contribution is 2.42. The predicted octanol–water partition coefficient (Wildman–Crippen LogP) is 5.86. The number of hydrogen-bond donors (Lipinski definition) is 2. The number of aromatic nitrogens is 3. The normalized spacial score (nSPS) is 17.5. The summed E-state index contributed by atoms with van der Waals surface area (Å²) >= 11 is 0. The van der Waals surface area contributed by atoms with Gasteiger partial charge in [0.25, 0.3) is 5.91 Å². The number of hydrogen-bond acceptors (Lipinski definition) is 5. The second-order valence-electron chi connectivity index (χ2n) is 12.2. The zero-order chi connectivity index (χ0) is 31.0. The number of carbonyl (C=O) groups excluding carboxylic acids is 1. The van der Waals surface area contributed by atoms with Gasteiger partial charge in [0.05, 0.1) is 17.6 Å². The lowest BCUT2D eigenvalue weighted by Crippen LogP contribution is -2.42. The maximum atomic E-state index is 12.2. The van der Waals surface area contributed by atoms with Crippen LogP contribution in [0.5, 0.6) is 0 Å². The third-order valence-corrected chi connectivity index (χ3v) is 9.50. The van der Waals surface area contributed by atoms with Crippen molar-refractivity contribution in [3.63, 3.8) is 0 Å². The molecule has 44 heavy (non-hydrogen) atoms. The van der Waals surface area contributed by atoms with Crippen LogP contribution in [-0.4, -0.2) is 60.9 Å². The summed E-state index contributed by atoms with van der Waals surface area (Å²) in [5.74, 6) is 0.262. The Morgan fingerprint density at radius 1 is 1.05 bits per heavy atom. The van der Waals surface area contributed by atoms with Crippen molar-refractivity contribution in [2.75, 3.05) is 13.1 Å². The zero-order valence-corrected chi connectivity index (χ0v) is 25.7. The lowest BCUT2D eigenvalue weighted by Gasteiger charge is -2.33. The van der Waals surface area contributed by atoms with Gasteiger partial charge < -0.3 is 15.1 Å². The van der Waals surface area contributed by atoms with E-state index in [2.05, 4.69) is 48.4 Å². The molecule has 0 radical (unpaired) electrons. The second kappa shape index (κ2) is 12.4. The molecule has 0 spiro atoms. The van der Waals surface area contributed by atoms with E-state index in [1.807, 2.05) is 25.1 Å². The van der Waals surface area contributed by atoms with Crippen LogP contribution in [0.15, 0.2) is 60.8 Å². The number of carboxylic acid groups (broad SMARTS) is 1. The lowest BCUT2D eigenvalue weighted by molar-refractivity contribution is -0.140. The van der Waals surface area contributed by atoms with Gasteiger partial charge in [0.2, 0.25) is 0 Å². The summed E-state index contributed by atoms with van der Waals surface area (Å²) in [5.41, 5.74) is 9.56. The van der Waals surface area contributed by atoms with Gasteiger partial charge in [-0.3, -0.25) is 4.79 Å². The number of aromatic carboxylic acids is 1. The van der Waals surface area contributed by atoms with Gasteiger partial charge in [0.1, 0.15) is 11.7 Å². The van der Waals surface area contributed by atoms with Crippen LogP contribution >= 0.6 is 0 Å². The molecule has 2 aliphatic rings. The number of fused-ring (bicyclic) bond motifs is 1. The van der Waals surface area contributed by atoms with Gasteiger partial charge in [-0.05, 0) is 104 Å². The SMILES string of the molecule is CCc1c(C(=O)O)cnn1-c1cccc(-c2cccc3c2C(Cc2ccc(C4CCN(C(=O)C(C)O)CC4)cc2C)CC3)n1. The fraction of sp³-hybridized carbons (Fsp3) is 0.389. The maximum absolute atomic E-state index is 12.2. The van der Waals surface area contributed by atoms with E-state index in [4.69, 9.17) is 4.98 Å². The molecule has 2 aromatic carbocycles. The number of benzene rings is 2. The molecule has 2 unspecified atom stereocenters. The average Bonchev–Trinajstić information content (AvgIpc) is 3.66. The Morgan fingerprint density at radius 2 is 1.82 bits per heavy atom. The van der Waals surface area contributed by atoms with E-state index in [1.165, 1.54) is 40.9 Å². The number of nitrogens with zero attached hydrogens (tertiary/aromatic N) is 4. The van der Waals surface area contributed by atoms with Crippen molar-refractivity contribution in [2.24, 2.45) is 0 Å². The predicted molar refractivity (Wildman–Crippen MR) is 169 cm³/mol. The van der Waals surface area contributed by atoms with E-state index in [9.17, 15) is 19.8 Å². The number of piperidine rings is 1. The van der Waals surface area contributed by atoms with E-state index in [0.717, 1.165) is 43.4 Å². The van der Waals surface area contributed by atoms with E-state index >= 15 is 0 Å². The Labute approximate surface area is 258 Å². The number of carbonyl (C=O) groups is 2. The summed E-state index contributed by atoms with van der Waals surface area (Å²) < 4.78 is 1.65. The minimum atomic E-state index is -0.981. The lowest BCUT2D eigenvalue weighted by atomic mass is 9.84. The van der Waals surface area contributed by atoms with Crippen LogP contribution in [0.1, 0.15) is 88.8 Å². The monoisotopic (exact) mass is 592 g/mol. The molecule has 8 nitrogen and oxygen atoms in total. The number of carboxylic acids is 1. The summed E-state index contributed by atoms with van der Waals surface area (Å²) in [7, 11) is 0. The third kappa shape index (κ3) is 5.66. The van der Waals surface area contributed by atoms with Crippen LogP contribution in [0.3, 0.4) is 0 Å². The molecule has 1 aliphatic heterocycles. The van der Waals surface area contributed by atoms with Gasteiger partial charge in [0, 0.05) is 18.7 Å². The van der Waals surface area contributed by atoms with Crippen LogP contribution in [0.25, 0.3) is 17.1 Å². The molecule has 6 rings (SSSR count). The highest BCUT2D eigenvalue weighted by Gasteiger charge is 2.29. The first-order chi connectivity index (χ1) is 21.2. The molecule has 0 bridgehead atoms. The number of pyridine rings is 1. The molecule has 2 N–H and O–H groups in total. The van der Waals surface area contributed by atoms with Gasteiger partial charge in [-0.15, -0.1) is 0 Å². The fourth-order valence-electron chi connectivity index (χ4n) is 7.16. The number of aliphatic hydroxyl groups excluding tert-OH is 1. The van der Waals surface area contributed by atoms with E-state index in [1.54, 1.807) is 9.58 Å². The number of rotatable bonds is 8. The fourth-order valence-corrected chi connectivity index (χ4v) is 7.16. The maximum Gasteiger partial charge on any atom is 0.339 e. The van der Waals surface area contributed by atoms with Crippen molar-refractivity contribution in [3.8, 4) is 17.1 Å². The number of amides is 1. The topological polar surface area (TPSA) is 109 Å². The van der Waals surface area contributed by atoms with Crippen molar-refractivity contribution in [1.82, 2.24) is 19.7 Å². The molecule has 1 fully saturated rings. The average molecular weight is 593 g/mol. The Balaban J connectivity index is 1.23. The van der Waals surface area contributed by atoms with Gasteiger partial charge in [0.15, 0.2) is 5.82 Å². The number of aryl methyl sites for hydroxylation is 2. The largest absolute Gasteiger partial charge is 0.478 e.